The summed E-state index contributed by atoms with van der Waals surface area (Å²) >= 11 is 0. The highest BCUT2D eigenvalue weighted by molar-refractivity contribution is 5.92. The van der Waals surface area contributed by atoms with Gasteiger partial charge in [-0.2, -0.15) is 0 Å². The van der Waals surface area contributed by atoms with Crippen molar-refractivity contribution in [1.82, 2.24) is 0 Å². The lowest BCUT2D eigenvalue weighted by atomic mass is 9.89. The van der Waals surface area contributed by atoms with Gasteiger partial charge in [0.1, 0.15) is 11.4 Å². The van der Waals surface area contributed by atoms with Crippen LogP contribution in [0.2, 0.25) is 0 Å². The topological polar surface area (TPSA) is 26.3 Å². The number of carbonyl (C=O) groups excluding carboxylic acids is 1. The second-order valence-corrected chi connectivity index (χ2v) is 6.08. The third-order valence-electron chi connectivity index (χ3n) is 3.90. The third-order valence-corrected chi connectivity index (χ3v) is 3.90. The minimum atomic E-state index is -0.132. The van der Waals surface area contributed by atoms with E-state index in [9.17, 15) is 4.79 Å². The van der Waals surface area contributed by atoms with Gasteiger partial charge in [-0.25, -0.2) is 0 Å². The Balaban J connectivity index is 2.61. The van der Waals surface area contributed by atoms with Crippen molar-refractivity contribution in [2.75, 3.05) is 0 Å². The average Bonchev–Trinajstić information content (AvgIpc) is 2.62. The molecule has 0 aromatic heterocycles. The van der Waals surface area contributed by atoms with E-state index in [0.717, 1.165) is 23.3 Å². The highest BCUT2D eigenvalue weighted by Gasteiger charge is 2.33. The van der Waals surface area contributed by atoms with Crippen LogP contribution in [0.15, 0.2) is 6.08 Å². The Hall–Kier alpha value is -1.57. The molecule has 0 amide bonds. The van der Waals surface area contributed by atoms with Crippen LogP contribution in [-0.2, 0) is 11.2 Å². The molecular weight excluding hydrogens is 236 g/mol. The van der Waals surface area contributed by atoms with Gasteiger partial charge in [0.15, 0.2) is 5.78 Å². The van der Waals surface area contributed by atoms with Crippen LogP contribution in [0, 0.1) is 20.8 Å². The van der Waals surface area contributed by atoms with Gasteiger partial charge in [0, 0.05) is 12.0 Å². The van der Waals surface area contributed by atoms with Crippen molar-refractivity contribution < 1.29 is 9.53 Å². The maximum Gasteiger partial charge on any atom is 0.152 e. The first-order chi connectivity index (χ1) is 8.73. The van der Waals surface area contributed by atoms with Crippen LogP contribution in [0.25, 0.3) is 6.08 Å². The zero-order valence-corrected chi connectivity index (χ0v) is 12.7. The van der Waals surface area contributed by atoms with Crippen molar-refractivity contribution in [3.63, 3.8) is 0 Å². The molecule has 0 N–H and O–H groups in total. The van der Waals surface area contributed by atoms with Crippen molar-refractivity contribution in [3.05, 3.63) is 33.9 Å². The number of hydrogen-bond acceptors (Lipinski definition) is 2. The zero-order valence-electron chi connectivity index (χ0n) is 12.7. The number of rotatable bonds is 2. The molecule has 1 aromatic rings. The van der Waals surface area contributed by atoms with Crippen LogP contribution in [0.1, 0.15) is 48.6 Å². The molecule has 0 atom stereocenters. The summed E-state index contributed by atoms with van der Waals surface area (Å²) < 4.78 is 6.09. The molecule has 1 heterocycles. The number of hydrogen-bond donors (Lipinski definition) is 0. The van der Waals surface area contributed by atoms with Gasteiger partial charge in [-0.05, 0) is 69.9 Å². The van der Waals surface area contributed by atoms with E-state index in [-0.39, 0.29) is 11.4 Å². The van der Waals surface area contributed by atoms with Gasteiger partial charge in [-0.15, -0.1) is 0 Å². The smallest absolute Gasteiger partial charge is 0.152 e. The summed E-state index contributed by atoms with van der Waals surface area (Å²) in [6, 6.07) is 0. The number of fused-ring (bicyclic) bond motifs is 1. The minimum Gasteiger partial charge on any atom is -0.487 e. The normalized spacial score (nSPS) is 16.5. The van der Waals surface area contributed by atoms with E-state index in [2.05, 4.69) is 34.6 Å². The highest BCUT2D eigenvalue weighted by atomic mass is 16.5. The summed E-state index contributed by atoms with van der Waals surface area (Å²) in [6.45, 7) is 12.1. The molecule has 19 heavy (non-hydrogen) atoms. The van der Waals surface area contributed by atoms with Gasteiger partial charge in [0.2, 0.25) is 0 Å². The number of benzene rings is 1. The van der Waals surface area contributed by atoms with E-state index >= 15 is 0 Å². The van der Waals surface area contributed by atoms with Gasteiger partial charge in [-0.3, -0.25) is 4.79 Å². The van der Waals surface area contributed by atoms with E-state index in [1.165, 1.54) is 16.7 Å². The monoisotopic (exact) mass is 258 g/mol. The average molecular weight is 258 g/mol. The fraction of sp³-hybridized carbons (Fsp3) is 0.471. The molecule has 0 radical (unpaired) electrons. The highest BCUT2D eigenvalue weighted by Crippen LogP contribution is 2.42. The number of ketones is 1. The molecule has 1 aliphatic heterocycles. The standard InChI is InChI=1S/C17H22O2/c1-10(18)7-8-14-11(2)12(3)15-9-17(5,6)19-16(15)13(14)4/h7-8H,9H2,1-6H3/b8-7+. The van der Waals surface area contributed by atoms with Crippen LogP contribution >= 0.6 is 0 Å². The van der Waals surface area contributed by atoms with Gasteiger partial charge >= 0.3 is 0 Å². The van der Waals surface area contributed by atoms with Crippen LogP contribution in [0.4, 0.5) is 0 Å². The molecule has 1 aromatic carbocycles. The van der Waals surface area contributed by atoms with Crippen LogP contribution in [0.5, 0.6) is 5.75 Å². The lowest BCUT2D eigenvalue weighted by Crippen LogP contribution is -2.24. The summed E-state index contributed by atoms with van der Waals surface area (Å²) in [6.07, 6.45) is 4.49. The molecule has 0 saturated heterocycles. The number of carbonyl (C=O) groups is 1. The molecule has 102 valence electrons. The molecule has 0 bridgehead atoms. The van der Waals surface area contributed by atoms with E-state index < -0.39 is 0 Å². The minimum absolute atomic E-state index is 0.0678. The summed E-state index contributed by atoms with van der Waals surface area (Å²) in [5.74, 6) is 1.08. The first-order valence-corrected chi connectivity index (χ1v) is 6.73. The van der Waals surface area contributed by atoms with Gasteiger partial charge < -0.3 is 4.74 Å². The molecular formula is C17H22O2. The summed E-state index contributed by atoms with van der Waals surface area (Å²) in [4.78, 5) is 11.1. The molecule has 1 aliphatic rings. The molecule has 2 heteroatoms. The Morgan fingerprint density at radius 2 is 1.79 bits per heavy atom. The maximum atomic E-state index is 11.1. The second kappa shape index (κ2) is 4.52. The Bertz CT molecular complexity index is 578. The summed E-state index contributed by atoms with van der Waals surface area (Å²) in [7, 11) is 0. The quantitative estimate of drug-likeness (QED) is 0.751. The third kappa shape index (κ3) is 2.44. The fourth-order valence-electron chi connectivity index (χ4n) is 2.77. The summed E-state index contributed by atoms with van der Waals surface area (Å²) in [5.41, 5.74) is 5.97. The molecule has 0 fully saturated rings. The van der Waals surface area contributed by atoms with Crippen LogP contribution in [-0.4, -0.2) is 11.4 Å². The Morgan fingerprint density at radius 3 is 2.37 bits per heavy atom. The van der Waals surface area contributed by atoms with E-state index in [4.69, 9.17) is 4.74 Å². The maximum absolute atomic E-state index is 11.1. The summed E-state index contributed by atoms with van der Waals surface area (Å²) in [5, 5.41) is 0. The first kappa shape index (κ1) is 13.9. The molecule has 2 nitrogen and oxygen atoms in total. The second-order valence-electron chi connectivity index (χ2n) is 6.08. The first-order valence-electron chi connectivity index (χ1n) is 6.73. The van der Waals surface area contributed by atoms with Crippen molar-refractivity contribution in [3.8, 4) is 5.75 Å². The van der Waals surface area contributed by atoms with E-state index in [0.29, 0.717) is 0 Å². The Kier molecular flexibility index (Phi) is 3.29. The zero-order chi connectivity index (χ0) is 14.4. The van der Waals surface area contributed by atoms with Gasteiger partial charge in [0.05, 0.1) is 0 Å². The fourth-order valence-corrected chi connectivity index (χ4v) is 2.77. The molecule has 0 spiro atoms. The predicted molar refractivity (Wildman–Crippen MR) is 78.8 cm³/mol. The molecule has 2 rings (SSSR count). The van der Waals surface area contributed by atoms with Gasteiger partial charge in [0.25, 0.3) is 0 Å². The Labute approximate surface area is 115 Å². The predicted octanol–water partition coefficient (Wildman–Crippen LogP) is 3.93. The van der Waals surface area contributed by atoms with Crippen LogP contribution in [0.3, 0.4) is 0 Å². The Morgan fingerprint density at radius 1 is 1.16 bits per heavy atom. The molecule has 0 aliphatic carbocycles. The van der Waals surface area contributed by atoms with Crippen LogP contribution < -0.4 is 4.74 Å². The van der Waals surface area contributed by atoms with E-state index in [1.807, 2.05) is 6.08 Å². The molecule has 0 saturated carbocycles. The molecule has 0 unspecified atom stereocenters. The number of allylic oxidation sites excluding steroid dienone is 1. The van der Waals surface area contributed by atoms with Crippen molar-refractivity contribution >= 4 is 11.9 Å². The SMILES string of the molecule is CC(=O)/C=C/c1c(C)c(C)c2c(c1C)OC(C)(C)C2. The van der Waals surface area contributed by atoms with Crippen molar-refractivity contribution in [1.29, 1.82) is 0 Å². The number of ether oxygens (including phenoxy) is 1. The van der Waals surface area contributed by atoms with Gasteiger partial charge in [-0.1, -0.05) is 6.08 Å². The van der Waals surface area contributed by atoms with Crippen molar-refractivity contribution in [2.24, 2.45) is 0 Å². The van der Waals surface area contributed by atoms with Crippen molar-refractivity contribution in [2.45, 2.75) is 53.6 Å². The lowest BCUT2D eigenvalue weighted by molar-refractivity contribution is -0.112. The van der Waals surface area contributed by atoms with E-state index in [1.54, 1.807) is 13.0 Å². The lowest BCUT2D eigenvalue weighted by Gasteiger charge is -2.18. The largest absolute Gasteiger partial charge is 0.487 e.